The molecule has 0 bridgehead atoms. The molecular weight excluding hydrogens is 244 g/mol. The number of carbonyl (C=O) groups is 1. The number of imidazole rings is 1. The fourth-order valence-electron chi connectivity index (χ4n) is 1.72. The molecule has 2 aromatic heterocycles. The zero-order valence-electron chi connectivity index (χ0n) is 10.6. The number of aromatic nitrogens is 3. The Morgan fingerprint density at radius 3 is 2.89 bits per heavy atom. The second-order valence-electron chi connectivity index (χ2n) is 4.15. The lowest BCUT2D eigenvalue weighted by molar-refractivity contribution is 0.100. The van der Waals surface area contributed by atoms with E-state index in [0.29, 0.717) is 12.4 Å². The second kappa shape index (κ2) is 5.38. The maximum atomic E-state index is 11.2. The van der Waals surface area contributed by atoms with Crippen LogP contribution >= 0.6 is 0 Å². The van der Waals surface area contributed by atoms with E-state index in [0.717, 1.165) is 12.2 Å². The number of nitrogens with zero attached hydrogens (tertiary/aromatic N) is 3. The number of aryl methyl sites for hydroxylation is 1. The van der Waals surface area contributed by atoms with Gasteiger partial charge >= 0.3 is 0 Å². The van der Waals surface area contributed by atoms with E-state index in [-0.39, 0.29) is 11.3 Å². The van der Waals surface area contributed by atoms with Crippen LogP contribution in [0.2, 0.25) is 0 Å². The highest BCUT2D eigenvalue weighted by atomic mass is 16.1. The Labute approximate surface area is 110 Å². The number of hydrogen-bond donors (Lipinski definition) is 3. The SMILES string of the molecule is Cn1ccnc1CCNc1cc(C(N)=O)c(N)cn1. The predicted octanol–water partition coefficient (Wildman–Crippen LogP) is 0.151. The zero-order chi connectivity index (χ0) is 13.8. The molecule has 19 heavy (non-hydrogen) atoms. The molecule has 0 saturated heterocycles. The van der Waals surface area contributed by atoms with Crippen molar-refractivity contribution in [3.05, 3.63) is 36.0 Å². The van der Waals surface area contributed by atoms with E-state index in [2.05, 4.69) is 15.3 Å². The summed E-state index contributed by atoms with van der Waals surface area (Å²) in [5, 5.41) is 3.10. The summed E-state index contributed by atoms with van der Waals surface area (Å²) in [6.45, 7) is 0.653. The van der Waals surface area contributed by atoms with Crippen molar-refractivity contribution in [2.24, 2.45) is 12.8 Å². The highest BCUT2D eigenvalue weighted by Gasteiger charge is 2.07. The number of nitrogens with two attached hydrogens (primary N) is 2. The summed E-state index contributed by atoms with van der Waals surface area (Å²) in [7, 11) is 1.94. The normalized spacial score (nSPS) is 10.4. The summed E-state index contributed by atoms with van der Waals surface area (Å²) >= 11 is 0. The summed E-state index contributed by atoms with van der Waals surface area (Å²) < 4.78 is 1.95. The minimum absolute atomic E-state index is 0.273. The molecule has 7 nitrogen and oxygen atoms in total. The second-order valence-corrected chi connectivity index (χ2v) is 4.15. The van der Waals surface area contributed by atoms with Gasteiger partial charge < -0.3 is 21.4 Å². The van der Waals surface area contributed by atoms with E-state index < -0.39 is 5.91 Å². The summed E-state index contributed by atoms with van der Waals surface area (Å²) in [4.78, 5) is 19.5. The van der Waals surface area contributed by atoms with Crippen LogP contribution in [0.25, 0.3) is 0 Å². The summed E-state index contributed by atoms with van der Waals surface area (Å²) in [5.74, 6) is 0.974. The molecule has 0 radical (unpaired) electrons. The van der Waals surface area contributed by atoms with Gasteiger partial charge in [-0.1, -0.05) is 0 Å². The van der Waals surface area contributed by atoms with Gasteiger partial charge in [0.15, 0.2) is 0 Å². The van der Waals surface area contributed by atoms with Crippen LogP contribution in [0.5, 0.6) is 0 Å². The monoisotopic (exact) mass is 260 g/mol. The Balaban J connectivity index is 1.98. The number of hydrogen-bond acceptors (Lipinski definition) is 5. The van der Waals surface area contributed by atoms with Gasteiger partial charge in [0, 0.05) is 32.4 Å². The molecule has 2 heterocycles. The van der Waals surface area contributed by atoms with Crippen molar-refractivity contribution in [2.45, 2.75) is 6.42 Å². The Morgan fingerprint density at radius 1 is 1.47 bits per heavy atom. The first-order chi connectivity index (χ1) is 9.08. The third kappa shape index (κ3) is 3.01. The molecule has 0 aliphatic carbocycles. The first-order valence-corrected chi connectivity index (χ1v) is 5.83. The molecule has 0 unspecified atom stereocenters. The van der Waals surface area contributed by atoms with Crippen molar-refractivity contribution in [3.8, 4) is 0 Å². The van der Waals surface area contributed by atoms with Gasteiger partial charge in [-0.2, -0.15) is 0 Å². The van der Waals surface area contributed by atoms with E-state index >= 15 is 0 Å². The summed E-state index contributed by atoms with van der Waals surface area (Å²) in [5.41, 5.74) is 11.4. The van der Waals surface area contributed by atoms with E-state index in [1.54, 1.807) is 12.3 Å². The zero-order valence-corrected chi connectivity index (χ0v) is 10.6. The van der Waals surface area contributed by atoms with Gasteiger partial charge in [0.2, 0.25) is 0 Å². The lowest BCUT2D eigenvalue weighted by Gasteiger charge is -2.08. The molecule has 0 aliphatic rings. The average Bonchev–Trinajstić information content (AvgIpc) is 2.77. The third-order valence-corrected chi connectivity index (χ3v) is 2.78. The van der Waals surface area contributed by atoms with Crippen LogP contribution in [0, 0.1) is 0 Å². The number of nitrogens with one attached hydrogen (secondary N) is 1. The molecule has 0 saturated carbocycles. The lowest BCUT2D eigenvalue weighted by Crippen LogP contribution is -2.15. The van der Waals surface area contributed by atoms with Crippen molar-refractivity contribution < 1.29 is 4.79 Å². The third-order valence-electron chi connectivity index (χ3n) is 2.78. The summed E-state index contributed by atoms with van der Waals surface area (Å²) in [6.07, 6.45) is 5.81. The Kier molecular flexibility index (Phi) is 3.65. The van der Waals surface area contributed by atoms with Crippen molar-refractivity contribution in [1.82, 2.24) is 14.5 Å². The summed E-state index contributed by atoms with van der Waals surface area (Å²) in [6, 6.07) is 1.55. The first kappa shape index (κ1) is 12.9. The van der Waals surface area contributed by atoms with Gasteiger partial charge in [-0.05, 0) is 6.07 Å². The number of anilines is 2. The molecule has 2 rings (SSSR count). The van der Waals surface area contributed by atoms with E-state index in [4.69, 9.17) is 11.5 Å². The number of amides is 1. The van der Waals surface area contributed by atoms with Crippen molar-refractivity contribution >= 4 is 17.4 Å². The number of rotatable bonds is 5. The van der Waals surface area contributed by atoms with Gasteiger partial charge in [0.05, 0.1) is 17.4 Å². The van der Waals surface area contributed by atoms with Crippen LogP contribution in [0.3, 0.4) is 0 Å². The van der Waals surface area contributed by atoms with Gasteiger partial charge in [0.25, 0.3) is 5.91 Å². The van der Waals surface area contributed by atoms with E-state index in [1.165, 1.54) is 6.20 Å². The minimum Gasteiger partial charge on any atom is -0.397 e. The quantitative estimate of drug-likeness (QED) is 0.708. The molecule has 0 spiro atoms. The van der Waals surface area contributed by atoms with Crippen LogP contribution in [0.4, 0.5) is 11.5 Å². The van der Waals surface area contributed by atoms with Crippen LogP contribution in [-0.4, -0.2) is 27.0 Å². The molecule has 1 amide bonds. The van der Waals surface area contributed by atoms with E-state index in [1.807, 2.05) is 17.8 Å². The Bertz CT molecular complexity index is 592. The van der Waals surface area contributed by atoms with Crippen molar-refractivity contribution in [2.75, 3.05) is 17.6 Å². The van der Waals surface area contributed by atoms with Gasteiger partial charge in [-0.25, -0.2) is 9.97 Å². The number of primary amides is 1. The Morgan fingerprint density at radius 2 is 2.26 bits per heavy atom. The van der Waals surface area contributed by atoms with Crippen LogP contribution in [0.1, 0.15) is 16.2 Å². The topological polar surface area (TPSA) is 112 Å². The van der Waals surface area contributed by atoms with Crippen molar-refractivity contribution in [1.29, 1.82) is 0 Å². The maximum Gasteiger partial charge on any atom is 0.250 e. The Hall–Kier alpha value is -2.57. The maximum absolute atomic E-state index is 11.2. The fourth-order valence-corrected chi connectivity index (χ4v) is 1.72. The van der Waals surface area contributed by atoms with Crippen LogP contribution in [0.15, 0.2) is 24.7 Å². The molecule has 0 atom stereocenters. The minimum atomic E-state index is -0.563. The largest absolute Gasteiger partial charge is 0.397 e. The highest BCUT2D eigenvalue weighted by molar-refractivity contribution is 5.98. The predicted molar refractivity (Wildman–Crippen MR) is 72.6 cm³/mol. The standard InChI is InChI=1S/C12H16N6O/c1-18-5-4-16-11(18)2-3-15-10-6-8(12(14)19)9(13)7-17-10/h4-7H,2-3,13H2,1H3,(H2,14,19)(H,15,17). The number of carbonyl (C=O) groups excluding carboxylic acids is 1. The van der Waals surface area contributed by atoms with Crippen LogP contribution in [-0.2, 0) is 13.5 Å². The first-order valence-electron chi connectivity index (χ1n) is 5.83. The van der Waals surface area contributed by atoms with Gasteiger partial charge in [0.1, 0.15) is 11.6 Å². The van der Waals surface area contributed by atoms with Gasteiger partial charge in [-0.15, -0.1) is 0 Å². The molecule has 0 aliphatic heterocycles. The molecule has 5 N–H and O–H groups in total. The number of nitrogen functional groups attached to an aromatic ring is 1. The van der Waals surface area contributed by atoms with Gasteiger partial charge in [-0.3, -0.25) is 4.79 Å². The molecule has 7 heteroatoms. The highest BCUT2D eigenvalue weighted by Crippen LogP contribution is 2.14. The molecule has 0 fully saturated rings. The van der Waals surface area contributed by atoms with Crippen molar-refractivity contribution in [3.63, 3.8) is 0 Å². The lowest BCUT2D eigenvalue weighted by atomic mass is 10.2. The molecule has 0 aromatic carbocycles. The molecular formula is C12H16N6O. The van der Waals surface area contributed by atoms with Crippen LogP contribution < -0.4 is 16.8 Å². The van der Waals surface area contributed by atoms with E-state index in [9.17, 15) is 4.79 Å². The number of pyridine rings is 1. The smallest absolute Gasteiger partial charge is 0.250 e. The molecule has 100 valence electrons. The molecule has 2 aromatic rings. The average molecular weight is 260 g/mol. The fraction of sp³-hybridized carbons (Fsp3) is 0.250.